The summed E-state index contributed by atoms with van der Waals surface area (Å²) in [4.78, 5) is 6.35. The van der Waals surface area contributed by atoms with Crippen LogP contribution in [-0.2, 0) is 21.2 Å². The lowest BCUT2D eigenvalue weighted by Gasteiger charge is -2.34. The molecule has 2 heterocycles. The number of pyridine rings is 1. The van der Waals surface area contributed by atoms with E-state index in [4.69, 9.17) is 4.74 Å². The van der Waals surface area contributed by atoms with Gasteiger partial charge >= 0.3 is 0 Å². The molecule has 1 saturated heterocycles. The normalized spacial score (nSPS) is 16.9. The number of sulfonamides is 1. The third-order valence-electron chi connectivity index (χ3n) is 4.65. The smallest absolute Gasteiger partial charge is 0.211 e. The van der Waals surface area contributed by atoms with Crippen LogP contribution in [0.2, 0.25) is 0 Å². The van der Waals surface area contributed by atoms with Crippen LogP contribution in [0.15, 0.2) is 48.8 Å². The van der Waals surface area contributed by atoms with Crippen LogP contribution in [0.3, 0.4) is 0 Å². The molecule has 27 heavy (non-hydrogen) atoms. The van der Waals surface area contributed by atoms with E-state index in [1.54, 1.807) is 30.6 Å². The zero-order valence-electron chi connectivity index (χ0n) is 15.1. The summed E-state index contributed by atoms with van der Waals surface area (Å²) in [6, 6.07) is 9.91. The highest BCUT2D eigenvalue weighted by Gasteiger charge is 2.24. The highest BCUT2D eigenvalue weighted by Crippen LogP contribution is 2.20. The molecule has 1 aromatic carbocycles. The van der Waals surface area contributed by atoms with E-state index in [1.807, 2.05) is 12.1 Å². The fourth-order valence-corrected chi connectivity index (χ4v) is 4.19. The van der Waals surface area contributed by atoms with E-state index in [1.165, 1.54) is 6.07 Å². The molecular weight excluding hydrogens is 369 g/mol. The lowest BCUT2D eigenvalue weighted by molar-refractivity contribution is 0.0171. The Bertz CT molecular complexity index is 827. The molecule has 1 aliphatic heterocycles. The number of benzene rings is 1. The molecule has 3 rings (SSSR count). The average Bonchev–Trinajstić information content (AvgIpc) is 2.69. The predicted molar refractivity (Wildman–Crippen MR) is 101 cm³/mol. The topological polar surface area (TPSA) is 71.5 Å². The van der Waals surface area contributed by atoms with Gasteiger partial charge in [-0.1, -0.05) is 24.3 Å². The minimum Gasteiger partial charge on any atom is -0.379 e. The number of morpholine rings is 1. The summed E-state index contributed by atoms with van der Waals surface area (Å²) in [5, 5.41) is 0. The van der Waals surface area contributed by atoms with E-state index in [0.29, 0.717) is 18.8 Å². The van der Waals surface area contributed by atoms with Crippen molar-refractivity contribution in [2.45, 2.75) is 12.5 Å². The molecule has 0 aliphatic carbocycles. The van der Waals surface area contributed by atoms with E-state index in [2.05, 4.69) is 14.6 Å². The number of nitrogens with one attached hydrogen (secondary N) is 1. The number of aromatic nitrogens is 1. The van der Waals surface area contributed by atoms with Crippen molar-refractivity contribution in [1.29, 1.82) is 0 Å². The molecule has 0 saturated carbocycles. The maximum absolute atomic E-state index is 13.7. The fraction of sp³-hybridized carbons (Fsp3) is 0.421. The standard InChI is InChI=1S/C19H24FN3O3S/c20-18-6-2-1-4-16(18)7-13-27(24,25)22-15-19(17-5-3-8-21-14-17)23-9-11-26-12-10-23/h1-6,8,14,19,22H,7,9-13,15H2. The Morgan fingerprint density at radius 2 is 1.96 bits per heavy atom. The molecule has 0 bridgehead atoms. The van der Waals surface area contributed by atoms with Crippen molar-refractivity contribution in [2.24, 2.45) is 0 Å². The molecule has 1 N–H and O–H groups in total. The van der Waals surface area contributed by atoms with Crippen LogP contribution in [0, 0.1) is 5.82 Å². The van der Waals surface area contributed by atoms with Crippen LogP contribution in [-0.4, -0.2) is 56.9 Å². The van der Waals surface area contributed by atoms with Crippen molar-refractivity contribution >= 4 is 10.0 Å². The van der Waals surface area contributed by atoms with Crippen molar-refractivity contribution in [1.82, 2.24) is 14.6 Å². The van der Waals surface area contributed by atoms with Crippen LogP contribution in [0.4, 0.5) is 4.39 Å². The van der Waals surface area contributed by atoms with Crippen LogP contribution in [0.25, 0.3) is 0 Å². The third-order valence-corrected chi connectivity index (χ3v) is 6.00. The van der Waals surface area contributed by atoms with Gasteiger partial charge in [0.05, 0.1) is 25.0 Å². The SMILES string of the molecule is O=S(=O)(CCc1ccccc1F)NCC(c1cccnc1)N1CCOCC1. The van der Waals surface area contributed by atoms with E-state index < -0.39 is 10.0 Å². The third kappa shape index (κ3) is 5.80. The summed E-state index contributed by atoms with van der Waals surface area (Å²) in [7, 11) is -3.53. The molecule has 1 fully saturated rings. The highest BCUT2D eigenvalue weighted by molar-refractivity contribution is 7.89. The lowest BCUT2D eigenvalue weighted by Crippen LogP contribution is -2.44. The van der Waals surface area contributed by atoms with Gasteiger partial charge in [-0.15, -0.1) is 0 Å². The van der Waals surface area contributed by atoms with Gasteiger partial charge in [-0.25, -0.2) is 17.5 Å². The monoisotopic (exact) mass is 393 g/mol. The number of rotatable bonds is 8. The van der Waals surface area contributed by atoms with E-state index in [9.17, 15) is 12.8 Å². The summed E-state index contributed by atoms with van der Waals surface area (Å²) < 4.78 is 46.7. The molecule has 0 spiro atoms. The molecule has 0 radical (unpaired) electrons. The molecule has 1 unspecified atom stereocenters. The minimum absolute atomic E-state index is 0.120. The number of halogens is 1. The Hall–Kier alpha value is -1.87. The molecule has 6 nitrogen and oxygen atoms in total. The van der Waals surface area contributed by atoms with E-state index >= 15 is 0 Å². The number of aryl methyl sites for hydroxylation is 1. The van der Waals surface area contributed by atoms with Gasteiger partial charge in [0, 0.05) is 32.0 Å². The molecule has 2 aromatic rings. The zero-order valence-corrected chi connectivity index (χ0v) is 15.9. The first-order valence-electron chi connectivity index (χ1n) is 8.97. The van der Waals surface area contributed by atoms with Crippen molar-refractivity contribution < 1.29 is 17.5 Å². The van der Waals surface area contributed by atoms with Crippen LogP contribution in [0.1, 0.15) is 17.2 Å². The summed E-state index contributed by atoms with van der Waals surface area (Å²) >= 11 is 0. The highest BCUT2D eigenvalue weighted by atomic mass is 32.2. The van der Waals surface area contributed by atoms with Gasteiger partial charge in [-0.2, -0.15) is 0 Å². The number of hydrogen-bond acceptors (Lipinski definition) is 5. The van der Waals surface area contributed by atoms with Gasteiger partial charge in [-0.05, 0) is 29.7 Å². The van der Waals surface area contributed by atoms with Gasteiger partial charge in [0.2, 0.25) is 10.0 Å². The summed E-state index contributed by atoms with van der Waals surface area (Å²) in [6.07, 6.45) is 3.59. The fourth-order valence-electron chi connectivity index (χ4n) is 3.14. The quantitative estimate of drug-likeness (QED) is 0.740. The van der Waals surface area contributed by atoms with Gasteiger partial charge in [0.1, 0.15) is 5.82 Å². The molecule has 1 atom stereocenters. The minimum atomic E-state index is -3.53. The second-order valence-corrected chi connectivity index (χ2v) is 8.39. The Morgan fingerprint density at radius 3 is 2.67 bits per heavy atom. The van der Waals surface area contributed by atoms with Gasteiger partial charge in [0.15, 0.2) is 0 Å². The average molecular weight is 393 g/mol. The molecule has 1 aromatic heterocycles. The van der Waals surface area contributed by atoms with Gasteiger partial charge < -0.3 is 4.74 Å². The van der Waals surface area contributed by atoms with Crippen LogP contribution >= 0.6 is 0 Å². The number of ether oxygens (including phenoxy) is 1. The second-order valence-electron chi connectivity index (χ2n) is 6.46. The van der Waals surface area contributed by atoms with E-state index in [-0.39, 0.29) is 30.6 Å². The first-order chi connectivity index (χ1) is 13.1. The Labute approximate surface area is 159 Å². The largest absolute Gasteiger partial charge is 0.379 e. The first kappa shape index (κ1) is 19.9. The molecule has 1 aliphatic rings. The number of hydrogen-bond donors (Lipinski definition) is 1. The lowest BCUT2D eigenvalue weighted by atomic mass is 10.1. The Morgan fingerprint density at radius 1 is 1.19 bits per heavy atom. The Kier molecular flexibility index (Phi) is 6.89. The maximum atomic E-state index is 13.7. The van der Waals surface area contributed by atoms with E-state index in [0.717, 1.165) is 18.7 Å². The molecular formula is C19H24FN3O3S. The molecule has 8 heteroatoms. The Balaban J connectivity index is 1.64. The van der Waals surface area contributed by atoms with Crippen molar-refractivity contribution in [3.05, 3.63) is 65.7 Å². The van der Waals surface area contributed by atoms with Crippen molar-refractivity contribution in [3.63, 3.8) is 0 Å². The predicted octanol–water partition coefficient (Wildman–Crippen LogP) is 1.76. The van der Waals surface area contributed by atoms with Crippen LogP contribution < -0.4 is 4.72 Å². The van der Waals surface area contributed by atoms with Crippen molar-refractivity contribution in [3.8, 4) is 0 Å². The maximum Gasteiger partial charge on any atom is 0.211 e. The van der Waals surface area contributed by atoms with Gasteiger partial charge in [-0.3, -0.25) is 9.88 Å². The second kappa shape index (κ2) is 9.36. The van der Waals surface area contributed by atoms with Crippen LogP contribution in [0.5, 0.6) is 0 Å². The molecule has 146 valence electrons. The zero-order chi connectivity index (χ0) is 19.1. The van der Waals surface area contributed by atoms with Gasteiger partial charge in [0.25, 0.3) is 0 Å². The summed E-state index contributed by atoms with van der Waals surface area (Å²) in [5.74, 6) is -0.536. The first-order valence-corrected chi connectivity index (χ1v) is 10.6. The molecule has 0 amide bonds. The summed E-state index contributed by atoms with van der Waals surface area (Å²) in [5.41, 5.74) is 1.36. The van der Waals surface area contributed by atoms with Crippen molar-refractivity contribution in [2.75, 3.05) is 38.6 Å². The number of nitrogens with zero attached hydrogens (tertiary/aromatic N) is 2. The summed E-state index contributed by atoms with van der Waals surface area (Å²) in [6.45, 7) is 2.95.